The largest absolute Gasteiger partial charge is 0.441 e. The quantitative estimate of drug-likeness (QED) is 0.448. The van der Waals surface area contributed by atoms with E-state index in [9.17, 15) is 18.0 Å². The van der Waals surface area contributed by atoms with E-state index in [-0.39, 0.29) is 11.9 Å². The Balaban J connectivity index is 1.06. The first-order valence-electron chi connectivity index (χ1n) is 13.8. The Bertz CT molecular complexity index is 1340. The molecule has 2 fully saturated rings. The summed E-state index contributed by atoms with van der Waals surface area (Å²) < 4.78 is 44.5. The van der Waals surface area contributed by atoms with Crippen molar-refractivity contribution in [2.75, 3.05) is 26.2 Å². The summed E-state index contributed by atoms with van der Waals surface area (Å²) in [6.45, 7) is 6.95. The van der Waals surface area contributed by atoms with Gasteiger partial charge in [0.1, 0.15) is 5.76 Å². The van der Waals surface area contributed by atoms with Crippen molar-refractivity contribution in [2.24, 2.45) is 0 Å². The lowest BCUT2D eigenvalue weighted by molar-refractivity contribution is -0.137. The van der Waals surface area contributed by atoms with Crippen LogP contribution in [-0.2, 0) is 19.3 Å². The van der Waals surface area contributed by atoms with Gasteiger partial charge in [0, 0.05) is 36.8 Å². The van der Waals surface area contributed by atoms with Crippen LogP contribution in [0.3, 0.4) is 0 Å². The van der Waals surface area contributed by atoms with Gasteiger partial charge in [0.2, 0.25) is 5.89 Å². The summed E-state index contributed by atoms with van der Waals surface area (Å²) in [5.74, 6) is 1.65. The van der Waals surface area contributed by atoms with Gasteiger partial charge in [0.25, 0.3) is 5.91 Å². The fourth-order valence-corrected chi connectivity index (χ4v) is 6.15. The van der Waals surface area contributed by atoms with E-state index < -0.39 is 11.7 Å². The first-order chi connectivity index (χ1) is 18.8. The molecule has 39 heavy (non-hydrogen) atoms. The number of likely N-dealkylation sites (tertiary alicyclic amines) is 1. The predicted molar refractivity (Wildman–Crippen MR) is 141 cm³/mol. The van der Waals surface area contributed by atoms with Crippen molar-refractivity contribution in [1.29, 1.82) is 0 Å². The van der Waals surface area contributed by atoms with Crippen molar-refractivity contribution in [3.63, 3.8) is 0 Å². The van der Waals surface area contributed by atoms with Gasteiger partial charge in [-0.25, -0.2) is 4.98 Å². The Morgan fingerprint density at radius 1 is 1.08 bits per heavy atom. The third-order valence-corrected chi connectivity index (χ3v) is 8.46. The van der Waals surface area contributed by atoms with E-state index in [1.54, 1.807) is 0 Å². The second kappa shape index (κ2) is 10.4. The van der Waals surface area contributed by atoms with E-state index in [1.165, 1.54) is 17.7 Å². The zero-order valence-corrected chi connectivity index (χ0v) is 22.1. The number of alkyl halides is 3. The van der Waals surface area contributed by atoms with Gasteiger partial charge in [-0.15, -0.1) is 0 Å². The Hall–Kier alpha value is -3.17. The van der Waals surface area contributed by atoms with Gasteiger partial charge >= 0.3 is 6.18 Å². The number of oxazole rings is 1. The maximum atomic E-state index is 13.0. The molecule has 1 aromatic heterocycles. The highest BCUT2D eigenvalue weighted by Crippen LogP contribution is 2.35. The lowest BCUT2D eigenvalue weighted by atomic mass is 9.88. The molecule has 1 atom stereocenters. The maximum Gasteiger partial charge on any atom is 0.416 e. The summed E-state index contributed by atoms with van der Waals surface area (Å²) in [6, 6.07) is 11.6. The summed E-state index contributed by atoms with van der Waals surface area (Å²) in [5, 5.41) is 3.42. The van der Waals surface area contributed by atoms with Crippen molar-refractivity contribution in [3.8, 4) is 11.5 Å². The number of aryl methyl sites for hydroxylation is 1. The van der Waals surface area contributed by atoms with E-state index in [4.69, 9.17) is 4.42 Å². The Kier molecular flexibility index (Phi) is 6.97. The number of fused-ring (bicyclic) bond motifs is 1. The van der Waals surface area contributed by atoms with Crippen LogP contribution in [0, 0.1) is 6.92 Å². The highest BCUT2D eigenvalue weighted by Gasteiger charge is 2.34. The smallest absolute Gasteiger partial charge is 0.416 e. The van der Waals surface area contributed by atoms with Crippen LogP contribution in [0.15, 0.2) is 46.9 Å². The number of nitrogens with zero attached hydrogens (tertiary/aromatic N) is 3. The number of carbonyl (C=O) groups is 1. The molecule has 0 radical (unpaired) electrons. The Labute approximate surface area is 226 Å². The molecule has 0 saturated carbocycles. The minimum absolute atomic E-state index is 0.165. The molecule has 2 aromatic carbocycles. The molecule has 0 spiro atoms. The zero-order valence-electron chi connectivity index (χ0n) is 22.1. The molecule has 1 unspecified atom stereocenters. The summed E-state index contributed by atoms with van der Waals surface area (Å²) in [5.41, 5.74) is 3.98. The monoisotopic (exact) mass is 538 g/mol. The Morgan fingerprint density at radius 3 is 2.54 bits per heavy atom. The van der Waals surface area contributed by atoms with E-state index in [0.717, 1.165) is 80.8 Å². The molecule has 2 saturated heterocycles. The maximum absolute atomic E-state index is 13.0. The molecule has 6 nitrogen and oxygen atoms in total. The molecular weight excluding hydrogens is 505 g/mol. The number of amides is 1. The number of piperidine rings is 2. The van der Waals surface area contributed by atoms with Gasteiger partial charge in [0.15, 0.2) is 0 Å². The number of halogens is 3. The van der Waals surface area contributed by atoms with Crippen LogP contribution in [0.25, 0.3) is 11.5 Å². The van der Waals surface area contributed by atoms with E-state index in [1.807, 2.05) is 17.9 Å². The topological polar surface area (TPSA) is 61.6 Å². The third-order valence-electron chi connectivity index (χ3n) is 8.46. The molecule has 206 valence electrons. The van der Waals surface area contributed by atoms with Gasteiger partial charge < -0.3 is 14.6 Å². The molecule has 1 amide bonds. The standard InChI is InChI=1S/C30H33F3N4O2/c1-19-27(35-28(39-19)21-4-7-24(8-5-21)30(31,32)33)18-36-13-10-20(11-14-36)22-6-9-26-23(15-22)17-37(29(26)38)25-3-2-12-34-16-25/h4-9,15,20,25,34H,2-3,10-14,16-18H2,1H3. The molecule has 1 N–H and O–H groups in total. The molecule has 3 aliphatic heterocycles. The number of nitrogens with one attached hydrogen (secondary N) is 1. The van der Waals surface area contributed by atoms with Crippen LogP contribution < -0.4 is 5.32 Å². The number of hydrogen-bond donors (Lipinski definition) is 1. The minimum atomic E-state index is -4.37. The highest BCUT2D eigenvalue weighted by molar-refractivity contribution is 5.98. The molecule has 4 heterocycles. The normalized spacial score (nSPS) is 21.0. The van der Waals surface area contributed by atoms with E-state index in [2.05, 4.69) is 27.3 Å². The van der Waals surface area contributed by atoms with Gasteiger partial charge in [0.05, 0.1) is 11.3 Å². The second-order valence-electron chi connectivity index (χ2n) is 11.0. The van der Waals surface area contributed by atoms with Crippen LogP contribution in [0.5, 0.6) is 0 Å². The fourth-order valence-electron chi connectivity index (χ4n) is 6.15. The average Bonchev–Trinajstić information content (AvgIpc) is 3.48. The predicted octanol–water partition coefficient (Wildman–Crippen LogP) is 5.76. The summed E-state index contributed by atoms with van der Waals surface area (Å²) >= 11 is 0. The van der Waals surface area contributed by atoms with Gasteiger partial charge in [-0.3, -0.25) is 9.69 Å². The second-order valence-corrected chi connectivity index (χ2v) is 11.0. The Morgan fingerprint density at radius 2 is 1.85 bits per heavy atom. The first kappa shape index (κ1) is 26.1. The van der Waals surface area contributed by atoms with Crippen LogP contribution >= 0.6 is 0 Å². The van der Waals surface area contributed by atoms with Crippen LogP contribution in [-0.4, -0.2) is 52.9 Å². The van der Waals surface area contributed by atoms with Gasteiger partial charge in [-0.2, -0.15) is 13.2 Å². The summed E-state index contributed by atoms with van der Waals surface area (Å²) in [7, 11) is 0. The first-order valence-corrected chi connectivity index (χ1v) is 13.8. The van der Waals surface area contributed by atoms with Crippen molar-refractivity contribution in [3.05, 3.63) is 76.2 Å². The number of benzene rings is 2. The fraction of sp³-hybridized carbons (Fsp3) is 0.467. The molecular formula is C30H33F3N4O2. The molecule has 9 heteroatoms. The van der Waals surface area contributed by atoms with E-state index >= 15 is 0 Å². The third kappa shape index (κ3) is 5.34. The van der Waals surface area contributed by atoms with Gasteiger partial charge in [-0.05, 0) is 99.6 Å². The van der Waals surface area contributed by atoms with Crippen molar-refractivity contribution >= 4 is 5.91 Å². The zero-order chi connectivity index (χ0) is 27.1. The van der Waals surface area contributed by atoms with Crippen LogP contribution in [0.1, 0.15) is 70.1 Å². The van der Waals surface area contributed by atoms with E-state index in [0.29, 0.717) is 36.2 Å². The van der Waals surface area contributed by atoms with Crippen LogP contribution in [0.2, 0.25) is 0 Å². The minimum Gasteiger partial charge on any atom is -0.441 e. The molecule has 3 aliphatic rings. The molecule has 6 rings (SSSR count). The van der Waals surface area contributed by atoms with Crippen LogP contribution in [0.4, 0.5) is 13.2 Å². The highest BCUT2D eigenvalue weighted by atomic mass is 19.4. The summed E-state index contributed by atoms with van der Waals surface area (Å²) in [4.78, 5) is 22.0. The molecule has 0 bridgehead atoms. The number of carbonyl (C=O) groups excluding carboxylic acids is 1. The lowest BCUT2D eigenvalue weighted by Gasteiger charge is -2.32. The number of rotatable bonds is 5. The summed E-state index contributed by atoms with van der Waals surface area (Å²) in [6.07, 6.45) is -0.155. The molecule has 0 aliphatic carbocycles. The lowest BCUT2D eigenvalue weighted by Crippen LogP contribution is -2.46. The number of hydrogen-bond acceptors (Lipinski definition) is 5. The number of aromatic nitrogens is 1. The van der Waals surface area contributed by atoms with Crippen molar-refractivity contribution < 1.29 is 22.4 Å². The average molecular weight is 539 g/mol. The van der Waals surface area contributed by atoms with Gasteiger partial charge in [-0.1, -0.05) is 12.1 Å². The van der Waals surface area contributed by atoms with Crippen molar-refractivity contribution in [1.82, 2.24) is 20.1 Å². The van der Waals surface area contributed by atoms with Crippen molar-refractivity contribution in [2.45, 2.75) is 63.8 Å². The molecule has 3 aromatic rings. The SMILES string of the molecule is Cc1oc(-c2ccc(C(F)(F)F)cc2)nc1CN1CCC(c2ccc3c(c2)CN(C2CCCNC2)C3=O)CC1.